The summed E-state index contributed by atoms with van der Waals surface area (Å²) in [4.78, 5) is 19.7. The zero-order chi connectivity index (χ0) is 21.5. The molecule has 0 unspecified atom stereocenters. The quantitative estimate of drug-likeness (QED) is 0.198. The minimum atomic E-state index is -0.0496. The minimum absolute atomic E-state index is 0.0496. The van der Waals surface area contributed by atoms with Crippen molar-refractivity contribution in [3.05, 3.63) is 94.1 Å². The van der Waals surface area contributed by atoms with Crippen molar-refractivity contribution in [2.75, 3.05) is 18.0 Å². The van der Waals surface area contributed by atoms with Crippen molar-refractivity contribution in [1.29, 1.82) is 0 Å². The molecule has 3 aromatic carbocycles. The van der Waals surface area contributed by atoms with Crippen LogP contribution in [0.25, 0.3) is 45.5 Å². The van der Waals surface area contributed by atoms with Crippen LogP contribution in [0.1, 0.15) is 24.0 Å². The van der Waals surface area contributed by atoms with Gasteiger partial charge in [0.1, 0.15) is 11.2 Å². The van der Waals surface area contributed by atoms with Gasteiger partial charge in [-0.1, -0.05) is 54.6 Å². The maximum Gasteiger partial charge on any atom is 0.190 e. The highest BCUT2D eigenvalue weighted by Gasteiger charge is 2.15. The number of anilines is 1. The average Bonchev–Trinajstić information content (AvgIpc) is 3.37. The molecule has 0 spiro atoms. The Balaban J connectivity index is 1.34. The van der Waals surface area contributed by atoms with Crippen LogP contribution in [-0.4, -0.2) is 18.1 Å². The zero-order valence-electron chi connectivity index (χ0n) is 17.6. The Morgan fingerprint density at radius 3 is 2.34 bits per heavy atom. The molecule has 6 rings (SSSR count). The number of hydrogen-bond donors (Lipinski definition) is 0. The van der Waals surface area contributed by atoms with Crippen LogP contribution in [0, 0.1) is 0 Å². The summed E-state index contributed by atoms with van der Waals surface area (Å²) >= 11 is 0. The average molecular weight is 418 g/mol. The van der Waals surface area contributed by atoms with Crippen molar-refractivity contribution in [2.24, 2.45) is 0 Å². The van der Waals surface area contributed by atoms with Gasteiger partial charge in [-0.2, -0.15) is 0 Å². The number of fused-ring (bicyclic) bond motifs is 4. The molecule has 3 aliphatic rings. The smallest absolute Gasteiger partial charge is 0.190 e. The van der Waals surface area contributed by atoms with Crippen LogP contribution < -0.4 is 10.3 Å². The largest absolute Gasteiger partial charge is 0.453 e. The van der Waals surface area contributed by atoms with Gasteiger partial charge in [0, 0.05) is 35.6 Å². The van der Waals surface area contributed by atoms with Crippen LogP contribution in [0.3, 0.4) is 0 Å². The summed E-state index contributed by atoms with van der Waals surface area (Å²) in [5.41, 5.74) is 5.58. The first-order valence-corrected chi connectivity index (χ1v) is 11.0. The molecule has 1 fully saturated rings. The van der Waals surface area contributed by atoms with Crippen molar-refractivity contribution < 1.29 is 4.42 Å². The molecule has 4 nitrogen and oxygen atoms in total. The molecule has 2 aliphatic heterocycles. The third kappa shape index (κ3) is 3.34. The van der Waals surface area contributed by atoms with Crippen LogP contribution in [0.4, 0.5) is 5.69 Å². The summed E-state index contributed by atoms with van der Waals surface area (Å²) in [6, 6.07) is 23.7. The fourth-order valence-electron chi connectivity index (χ4n) is 4.51. The van der Waals surface area contributed by atoms with Crippen LogP contribution in [0.2, 0.25) is 0 Å². The summed E-state index contributed by atoms with van der Waals surface area (Å²) in [5.74, 6) is 0.514. The van der Waals surface area contributed by atoms with Gasteiger partial charge < -0.3 is 9.32 Å². The van der Waals surface area contributed by atoms with E-state index in [0.717, 1.165) is 35.1 Å². The Bertz CT molecular complexity index is 1490. The van der Waals surface area contributed by atoms with E-state index in [-0.39, 0.29) is 5.43 Å². The van der Waals surface area contributed by atoms with E-state index < -0.39 is 0 Å². The molecule has 156 valence electrons. The topological polar surface area (TPSA) is 46.3 Å². The minimum Gasteiger partial charge on any atom is -0.453 e. The fraction of sp³-hybridized carbons (Fsp3) is 0.143. The summed E-state index contributed by atoms with van der Waals surface area (Å²) in [6.45, 7) is 2.31. The lowest BCUT2D eigenvalue weighted by atomic mass is 10.0. The van der Waals surface area contributed by atoms with E-state index in [9.17, 15) is 4.79 Å². The van der Waals surface area contributed by atoms with E-state index in [4.69, 9.17) is 9.40 Å². The number of rotatable bonds is 3. The van der Waals surface area contributed by atoms with Gasteiger partial charge in [0.25, 0.3) is 0 Å². The van der Waals surface area contributed by atoms with E-state index in [1.165, 1.54) is 24.6 Å². The fourth-order valence-corrected chi connectivity index (χ4v) is 4.51. The third-order valence-electron chi connectivity index (χ3n) is 6.21. The van der Waals surface area contributed by atoms with Crippen LogP contribution in [0.15, 0.2) is 82.0 Å². The van der Waals surface area contributed by atoms with Gasteiger partial charge in [-0.25, -0.2) is 4.98 Å². The molecule has 2 heterocycles. The summed E-state index contributed by atoms with van der Waals surface area (Å²) in [7, 11) is 0. The molecule has 0 bridgehead atoms. The van der Waals surface area contributed by atoms with Gasteiger partial charge >= 0.3 is 0 Å². The standard InChI is InChI=1S/C28H22N2O2/c31-25-18-27-28(23-6-2-1-5-22(23)25)29-24-14-11-20(17-26(24)32-27)8-7-19-9-12-21(13-10-19)30-15-3-4-16-30/h1-2,5-14,17-18H,3-4,15-16H2/b8-7+. The normalized spacial score (nSPS) is 14.3. The monoisotopic (exact) mass is 418 g/mol. The Morgan fingerprint density at radius 2 is 1.53 bits per heavy atom. The van der Waals surface area contributed by atoms with Gasteiger partial charge in [-0.05, 0) is 48.2 Å². The van der Waals surface area contributed by atoms with Crippen LogP contribution in [-0.2, 0) is 0 Å². The molecule has 0 amide bonds. The van der Waals surface area contributed by atoms with E-state index in [1.54, 1.807) is 0 Å². The molecule has 0 radical (unpaired) electrons. The number of benzene rings is 4. The maximum atomic E-state index is 12.5. The zero-order valence-corrected chi connectivity index (χ0v) is 17.6. The number of nitrogens with zero attached hydrogens (tertiary/aromatic N) is 2. The molecule has 3 aromatic rings. The highest BCUT2D eigenvalue weighted by Crippen LogP contribution is 2.30. The Morgan fingerprint density at radius 1 is 0.812 bits per heavy atom. The Kier molecular flexibility index (Phi) is 4.50. The molecular formula is C28H22N2O2. The van der Waals surface area contributed by atoms with Crippen LogP contribution in [0.5, 0.6) is 0 Å². The van der Waals surface area contributed by atoms with Crippen molar-refractivity contribution in [3.8, 4) is 11.5 Å². The Hall–Kier alpha value is -3.92. The molecule has 1 aliphatic carbocycles. The van der Waals surface area contributed by atoms with E-state index in [2.05, 4.69) is 41.3 Å². The van der Waals surface area contributed by atoms with E-state index in [0.29, 0.717) is 22.4 Å². The number of aromatic nitrogens is 1. The molecular weight excluding hydrogens is 396 g/mol. The second kappa shape index (κ2) is 7.65. The molecule has 0 saturated carbocycles. The van der Waals surface area contributed by atoms with E-state index >= 15 is 0 Å². The lowest BCUT2D eigenvalue weighted by Crippen LogP contribution is -2.17. The number of hydrogen-bond acceptors (Lipinski definition) is 4. The van der Waals surface area contributed by atoms with Crippen molar-refractivity contribution in [1.82, 2.24) is 4.98 Å². The van der Waals surface area contributed by atoms with Gasteiger partial charge in [-0.15, -0.1) is 0 Å². The van der Waals surface area contributed by atoms with Crippen molar-refractivity contribution in [2.45, 2.75) is 12.8 Å². The van der Waals surface area contributed by atoms with Crippen molar-refractivity contribution >= 4 is 39.7 Å². The highest BCUT2D eigenvalue weighted by atomic mass is 16.3. The molecule has 0 aromatic heterocycles. The molecule has 0 atom stereocenters. The second-order valence-electron chi connectivity index (χ2n) is 8.33. The third-order valence-corrected chi connectivity index (χ3v) is 6.21. The SMILES string of the molecule is O=c1cc2oc3cc(/C=C/c4ccc(N5CCCC5)cc4)ccc3nc-2c2ccccc12. The molecule has 32 heavy (non-hydrogen) atoms. The first kappa shape index (κ1) is 18.8. The van der Waals surface area contributed by atoms with Gasteiger partial charge in [0.2, 0.25) is 0 Å². The first-order chi connectivity index (χ1) is 15.7. The first-order valence-electron chi connectivity index (χ1n) is 11.0. The molecule has 0 N–H and O–H groups in total. The molecule has 4 heteroatoms. The van der Waals surface area contributed by atoms with Crippen LogP contribution >= 0.6 is 0 Å². The van der Waals surface area contributed by atoms with Gasteiger partial charge in [-0.3, -0.25) is 4.79 Å². The lowest BCUT2D eigenvalue weighted by molar-refractivity contribution is 0.614. The van der Waals surface area contributed by atoms with Gasteiger partial charge in [0.05, 0.1) is 0 Å². The van der Waals surface area contributed by atoms with Gasteiger partial charge in [0.15, 0.2) is 16.8 Å². The lowest BCUT2D eigenvalue weighted by Gasteiger charge is -2.17. The Labute approximate surface area is 185 Å². The second-order valence-corrected chi connectivity index (χ2v) is 8.33. The summed E-state index contributed by atoms with van der Waals surface area (Å²) < 4.78 is 6.10. The predicted molar refractivity (Wildman–Crippen MR) is 131 cm³/mol. The van der Waals surface area contributed by atoms with E-state index in [1.807, 2.05) is 42.5 Å². The van der Waals surface area contributed by atoms with Crippen molar-refractivity contribution in [3.63, 3.8) is 0 Å². The summed E-state index contributed by atoms with van der Waals surface area (Å²) in [6.07, 6.45) is 6.74. The summed E-state index contributed by atoms with van der Waals surface area (Å²) in [5, 5.41) is 1.49. The highest BCUT2D eigenvalue weighted by molar-refractivity contribution is 5.96. The maximum absolute atomic E-state index is 12.5. The molecule has 1 saturated heterocycles. The predicted octanol–water partition coefficient (Wildman–Crippen LogP) is 6.22.